The van der Waals surface area contributed by atoms with Gasteiger partial charge in [-0.3, -0.25) is 28.9 Å². The molecule has 3 fully saturated rings. The summed E-state index contributed by atoms with van der Waals surface area (Å²) in [5.74, 6) is 0.254. The van der Waals surface area contributed by atoms with Gasteiger partial charge < -0.3 is 61.5 Å². The minimum atomic E-state index is -0.641. The standard InChI is InChI=1S/C56H72N10O11S2/c1-36-33-40(77-39-13-3-2-4-14-39)19-20-42(36)66-43-22-25-60-54-48(43)50(64-56(66)73)51(79-54)53(71)61-38-12-8-26-65(34-38)47(69)17-7-11-37(52(57)70)18-21-46(68)59-24-10-28-75-30-32-76-31-29-74-27-9-23-58-45(67)16-6-5-15-44-49-41(35-78-44)62-55(72)63-49/h2-4,7,13-14,17,19-20,22,25,33,37-38,41,44,49H,5-6,8-12,15-16,18,21,23-24,26-32,34-35H2,1H3,(H2,57,70)(H,58,67)(H,59,68)(H,61,71)(H,64,73)(H2,62,63,72)/b17-7+/t37?,38?,41-,44+,49-/m0/s1. The van der Waals surface area contributed by atoms with Crippen LogP contribution < -0.4 is 47.3 Å². The van der Waals surface area contributed by atoms with Crippen LogP contribution in [0.25, 0.3) is 10.2 Å². The van der Waals surface area contributed by atoms with Crippen molar-refractivity contribution >= 4 is 92.0 Å². The normalized spacial score (nSPS) is 18.9. The number of amides is 9. The number of aryl methyl sites for hydroxylation is 1. The summed E-state index contributed by atoms with van der Waals surface area (Å²) in [6, 6.07) is 16.3. The zero-order valence-electron chi connectivity index (χ0n) is 44.6. The number of thiophene rings is 1. The molecule has 8 N–H and O–H groups in total. The van der Waals surface area contributed by atoms with Crippen molar-refractivity contribution in [2.45, 2.75) is 101 Å². The van der Waals surface area contributed by atoms with E-state index in [0.717, 1.165) is 30.6 Å². The summed E-state index contributed by atoms with van der Waals surface area (Å²) in [5, 5.41) is 18.9. The molecule has 8 rings (SSSR count). The fraction of sp³-hybridized carbons (Fsp3) is 0.500. The summed E-state index contributed by atoms with van der Waals surface area (Å²) in [4.78, 5) is 98.3. The smallest absolute Gasteiger partial charge is 0.331 e. The van der Waals surface area contributed by atoms with Crippen LogP contribution in [0.4, 0.5) is 26.7 Å². The van der Waals surface area contributed by atoms with E-state index in [0.29, 0.717) is 140 Å². The minimum Gasteiger partial charge on any atom is -0.457 e. The van der Waals surface area contributed by atoms with Gasteiger partial charge in [0.25, 0.3) is 5.91 Å². The van der Waals surface area contributed by atoms with Crippen LogP contribution >= 0.6 is 23.1 Å². The van der Waals surface area contributed by atoms with E-state index in [1.54, 1.807) is 28.1 Å². The van der Waals surface area contributed by atoms with Crippen molar-refractivity contribution in [2.75, 3.05) is 81.8 Å². The molecule has 23 heteroatoms. The number of hydrogen-bond donors (Lipinski definition) is 7. The van der Waals surface area contributed by atoms with E-state index in [1.807, 2.05) is 67.2 Å². The van der Waals surface area contributed by atoms with Crippen molar-refractivity contribution in [3.8, 4) is 11.5 Å². The second-order valence-electron chi connectivity index (χ2n) is 19.9. The number of carbonyl (C=O) groups excluding carboxylic acids is 7. The number of urea groups is 2. The molecule has 4 aliphatic rings. The summed E-state index contributed by atoms with van der Waals surface area (Å²) in [6.07, 6.45) is 11.0. The van der Waals surface area contributed by atoms with E-state index in [2.05, 4.69) is 36.9 Å². The molecule has 0 spiro atoms. The Balaban J connectivity index is 0.652. The van der Waals surface area contributed by atoms with Crippen LogP contribution in [0.1, 0.15) is 85.9 Å². The summed E-state index contributed by atoms with van der Waals surface area (Å²) < 4.78 is 22.8. The molecule has 9 amide bonds. The van der Waals surface area contributed by atoms with Crippen LogP contribution in [0.15, 0.2) is 72.9 Å². The van der Waals surface area contributed by atoms with Gasteiger partial charge in [-0.1, -0.05) is 30.7 Å². The van der Waals surface area contributed by atoms with Crippen molar-refractivity contribution < 1.29 is 52.5 Å². The Morgan fingerprint density at radius 1 is 0.861 bits per heavy atom. The lowest BCUT2D eigenvalue weighted by molar-refractivity contribution is -0.127. The third-order valence-electron chi connectivity index (χ3n) is 14.1. The average Bonchev–Trinajstić information content (AvgIpc) is 4.31. The average molecular weight is 1130 g/mol. The maximum Gasteiger partial charge on any atom is 0.331 e. The van der Waals surface area contributed by atoms with Crippen molar-refractivity contribution in [3.05, 3.63) is 83.4 Å². The molecule has 5 atom stereocenters. The molecule has 79 heavy (non-hydrogen) atoms. The molecular weight excluding hydrogens is 1050 g/mol. The largest absolute Gasteiger partial charge is 0.457 e. The van der Waals surface area contributed by atoms with Gasteiger partial charge >= 0.3 is 12.1 Å². The second kappa shape index (κ2) is 29.4. The number of pyridine rings is 1. The highest BCUT2D eigenvalue weighted by atomic mass is 32.2. The number of para-hydroxylation sites is 1. The molecule has 2 aromatic carbocycles. The molecule has 0 aliphatic carbocycles. The molecule has 2 unspecified atom stereocenters. The quantitative estimate of drug-likeness (QED) is 0.0163. The van der Waals surface area contributed by atoms with Gasteiger partial charge in [0.2, 0.25) is 23.6 Å². The Kier molecular flexibility index (Phi) is 21.7. The van der Waals surface area contributed by atoms with Crippen molar-refractivity contribution in [1.82, 2.24) is 36.5 Å². The number of thioether (sulfide) groups is 1. The predicted molar refractivity (Wildman–Crippen MR) is 303 cm³/mol. The van der Waals surface area contributed by atoms with Gasteiger partial charge in [0.05, 0.1) is 61.0 Å². The third-order valence-corrected chi connectivity index (χ3v) is 16.7. The number of hydrogen-bond acceptors (Lipinski definition) is 14. The molecule has 6 heterocycles. The number of piperidine rings is 1. The number of anilines is 3. The SMILES string of the molecule is Cc1cc(Oc2ccccc2)ccc1N1C(=O)Nc2c(C(=O)NC3CCCN(C(=O)/C=C/CC(CCC(=O)NCCCOCCOCCOCCCNC(=O)CCCC[C@H]4SC[C@@H]5NC(=O)N[C@@H]54)C(N)=O)C3)sc3nccc1c23. The number of rotatable bonds is 31. The number of unbranched alkanes of at least 4 members (excludes halogenated alkanes) is 1. The van der Waals surface area contributed by atoms with E-state index < -0.39 is 17.9 Å². The number of likely N-dealkylation sites (tertiary alicyclic amines) is 1. The lowest BCUT2D eigenvalue weighted by Crippen LogP contribution is -2.49. The summed E-state index contributed by atoms with van der Waals surface area (Å²) in [5.41, 5.74) is 8.13. The van der Waals surface area contributed by atoms with Crippen LogP contribution in [0, 0.1) is 12.8 Å². The number of primary amides is 1. The van der Waals surface area contributed by atoms with Gasteiger partial charge in [-0.05, 0) is 106 Å². The number of allylic oxidation sites excluding steroid dienone is 1. The molecule has 4 aliphatic heterocycles. The number of nitrogens with one attached hydrogen (secondary N) is 6. The predicted octanol–water partition coefficient (Wildman–Crippen LogP) is 6.42. The van der Waals surface area contributed by atoms with Crippen LogP contribution in [0.3, 0.4) is 0 Å². The Hall–Kier alpha value is -6.79. The highest BCUT2D eigenvalue weighted by molar-refractivity contribution is 8.00. The number of benzene rings is 2. The lowest BCUT2D eigenvalue weighted by atomic mass is 9.98. The number of aromatic nitrogens is 1. The van der Waals surface area contributed by atoms with E-state index in [4.69, 9.17) is 24.7 Å². The fourth-order valence-corrected chi connectivity index (χ4v) is 12.6. The Morgan fingerprint density at radius 2 is 1.59 bits per heavy atom. The molecule has 4 aromatic rings. The lowest BCUT2D eigenvalue weighted by Gasteiger charge is -2.32. The number of nitrogens with zero attached hydrogens (tertiary/aromatic N) is 3. The fourth-order valence-electron chi connectivity index (χ4n) is 10.0. The molecule has 0 radical (unpaired) electrons. The van der Waals surface area contributed by atoms with E-state index in [-0.39, 0.29) is 73.6 Å². The highest BCUT2D eigenvalue weighted by Crippen LogP contribution is 2.46. The first-order valence-corrected chi connectivity index (χ1v) is 29.2. The van der Waals surface area contributed by atoms with E-state index >= 15 is 0 Å². The van der Waals surface area contributed by atoms with Crippen molar-refractivity contribution in [1.29, 1.82) is 0 Å². The number of ether oxygens (including phenoxy) is 4. The van der Waals surface area contributed by atoms with Crippen molar-refractivity contribution in [3.63, 3.8) is 0 Å². The van der Waals surface area contributed by atoms with Crippen LogP contribution in [-0.4, -0.2) is 146 Å². The Morgan fingerprint density at radius 3 is 2.33 bits per heavy atom. The number of carbonyl (C=O) groups is 7. The number of fused-ring (bicyclic) bond motifs is 1. The van der Waals surface area contributed by atoms with Gasteiger partial charge in [-0.2, -0.15) is 11.8 Å². The maximum absolute atomic E-state index is 13.9. The number of nitrogens with two attached hydrogens (primary N) is 1. The first-order chi connectivity index (χ1) is 38.4. The van der Waals surface area contributed by atoms with Crippen molar-refractivity contribution in [2.24, 2.45) is 11.7 Å². The first-order valence-electron chi connectivity index (χ1n) is 27.3. The van der Waals surface area contributed by atoms with Gasteiger partial charge in [0, 0.05) is 81.4 Å². The maximum atomic E-state index is 13.9. The second-order valence-corrected chi connectivity index (χ2v) is 22.2. The van der Waals surface area contributed by atoms with Gasteiger partial charge in [-0.15, -0.1) is 11.3 Å². The molecule has 424 valence electrons. The molecule has 2 aromatic heterocycles. The monoisotopic (exact) mass is 1120 g/mol. The van der Waals surface area contributed by atoms with Crippen LogP contribution in [-0.2, 0) is 33.4 Å². The molecule has 0 saturated carbocycles. The van der Waals surface area contributed by atoms with Gasteiger partial charge in [0.1, 0.15) is 21.2 Å². The van der Waals surface area contributed by atoms with E-state index in [9.17, 15) is 33.6 Å². The third kappa shape index (κ3) is 16.6. The minimum absolute atomic E-state index is 0.0468. The Labute approximate surface area is 468 Å². The van der Waals surface area contributed by atoms with E-state index in [1.165, 1.54) is 17.4 Å². The molecular formula is C56H72N10O11S2. The zero-order valence-corrected chi connectivity index (χ0v) is 46.2. The summed E-state index contributed by atoms with van der Waals surface area (Å²) in [7, 11) is 0. The van der Waals surface area contributed by atoms with Gasteiger partial charge in [0.15, 0.2) is 0 Å². The molecule has 21 nitrogen and oxygen atoms in total. The van der Waals surface area contributed by atoms with Crippen LogP contribution in [0.5, 0.6) is 11.5 Å². The van der Waals surface area contributed by atoms with Crippen LogP contribution in [0.2, 0.25) is 0 Å². The summed E-state index contributed by atoms with van der Waals surface area (Å²) >= 11 is 3.08. The zero-order chi connectivity index (χ0) is 55.5. The highest BCUT2D eigenvalue weighted by Gasteiger charge is 2.42. The Bertz CT molecular complexity index is 2800. The topological polar surface area (TPSA) is 274 Å². The molecule has 0 bridgehead atoms. The molecule has 3 saturated heterocycles. The first kappa shape index (κ1) is 58.4. The van der Waals surface area contributed by atoms with Gasteiger partial charge in [-0.25, -0.2) is 14.6 Å². The summed E-state index contributed by atoms with van der Waals surface area (Å²) in [6.45, 7) is 6.26.